The molecule has 0 radical (unpaired) electrons. The van der Waals surface area contributed by atoms with Gasteiger partial charge in [-0.1, -0.05) is 44.2 Å². The highest BCUT2D eigenvalue weighted by molar-refractivity contribution is 6.02. The number of hydrogen-bond donors (Lipinski definition) is 2. The fraction of sp³-hybridized carbons (Fsp3) is 0.231. The van der Waals surface area contributed by atoms with Crippen molar-refractivity contribution in [1.82, 2.24) is 5.32 Å². The molecule has 1 atom stereocenters. The van der Waals surface area contributed by atoms with Crippen molar-refractivity contribution in [2.24, 2.45) is 5.92 Å². The maximum Gasteiger partial charge on any atom is 0.326 e. The SMILES string of the molecule is CC(C)C(=O)Nc1ccc(C(=O)[C@H](C)OC(=O)CNC(=O)c2ccc3ccccc3c2)cc1. The smallest absolute Gasteiger partial charge is 0.326 e. The highest BCUT2D eigenvalue weighted by atomic mass is 16.5. The molecule has 0 aliphatic carbocycles. The van der Waals surface area contributed by atoms with Crippen molar-refractivity contribution in [2.45, 2.75) is 26.9 Å². The molecule has 0 spiro atoms. The third-order valence-corrected chi connectivity index (χ3v) is 5.04. The molecular weight excluding hydrogens is 420 g/mol. The van der Waals surface area contributed by atoms with Crippen LogP contribution in [0.15, 0.2) is 66.7 Å². The monoisotopic (exact) mass is 446 g/mol. The Morgan fingerprint density at radius 2 is 1.45 bits per heavy atom. The molecule has 3 aromatic rings. The number of fused-ring (bicyclic) bond motifs is 1. The van der Waals surface area contributed by atoms with E-state index in [9.17, 15) is 19.2 Å². The number of anilines is 1. The second-order valence-corrected chi connectivity index (χ2v) is 7.96. The van der Waals surface area contributed by atoms with Crippen molar-refractivity contribution in [3.8, 4) is 0 Å². The molecule has 3 rings (SSSR count). The number of hydrogen-bond acceptors (Lipinski definition) is 5. The summed E-state index contributed by atoms with van der Waals surface area (Å²) >= 11 is 0. The van der Waals surface area contributed by atoms with Crippen LogP contribution in [0.4, 0.5) is 5.69 Å². The number of carbonyl (C=O) groups is 4. The average Bonchev–Trinajstić information content (AvgIpc) is 2.82. The van der Waals surface area contributed by atoms with E-state index >= 15 is 0 Å². The zero-order chi connectivity index (χ0) is 24.0. The van der Waals surface area contributed by atoms with E-state index in [1.54, 1.807) is 50.2 Å². The first kappa shape index (κ1) is 23.7. The van der Waals surface area contributed by atoms with Crippen LogP contribution in [0.1, 0.15) is 41.5 Å². The lowest BCUT2D eigenvalue weighted by atomic mass is 10.1. The van der Waals surface area contributed by atoms with Crippen molar-refractivity contribution >= 4 is 40.0 Å². The number of nitrogens with one attached hydrogen (secondary N) is 2. The Bertz CT molecular complexity index is 1180. The minimum absolute atomic E-state index is 0.123. The minimum atomic E-state index is -1.02. The van der Waals surface area contributed by atoms with Crippen LogP contribution >= 0.6 is 0 Å². The van der Waals surface area contributed by atoms with Crippen LogP contribution in [-0.2, 0) is 14.3 Å². The van der Waals surface area contributed by atoms with Crippen LogP contribution < -0.4 is 10.6 Å². The van der Waals surface area contributed by atoms with Gasteiger partial charge in [0.1, 0.15) is 6.54 Å². The van der Waals surface area contributed by atoms with Crippen LogP contribution in [0.2, 0.25) is 0 Å². The molecule has 3 aromatic carbocycles. The lowest BCUT2D eigenvalue weighted by Gasteiger charge is -2.13. The van der Waals surface area contributed by atoms with Gasteiger partial charge < -0.3 is 15.4 Å². The first-order valence-electron chi connectivity index (χ1n) is 10.7. The van der Waals surface area contributed by atoms with Crippen molar-refractivity contribution in [3.05, 3.63) is 77.9 Å². The number of ether oxygens (including phenoxy) is 1. The minimum Gasteiger partial charge on any atom is -0.453 e. The van der Waals surface area contributed by atoms with Crippen LogP contribution in [0.3, 0.4) is 0 Å². The first-order valence-corrected chi connectivity index (χ1v) is 10.7. The second-order valence-electron chi connectivity index (χ2n) is 7.96. The molecule has 0 heterocycles. The number of Topliss-reactive ketones (excluding diaryl/α,β-unsaturated/α-hetero) is 1. The highest BCUT2D eigenvalue weighted by Gasteiger charge is 2.20. The summed E-state index contributed by atoms with van der Waals surface area (Å²) in [6.07, 6.45) is -1.02. The molecule has 7 heteroatoms. The van der Waals surface area contributed by atoms with Gasteiger partial charge in [0.05, 0.1) is 0 Å². The fourth-order valence-corrected chi connectivity index (χ4v) is 3.12. The van der Waals surface area contributed by atoms with E-state index in [2.05, 4.69) is 10.6 Å². The molecule has 7 nitrogen and oxygen atoms in total. The summed E-state index contributed by atoms with van der Waals surface area (Å²) < 4.78 is 5.18. The Labute approximate surface area is 192 Å². The zero-order valence-corrected chi connectivity index (χ0v) is 18.8. The largest absolute Gasteiger partial charge is 0.453 e. The Morgan fingerprint density at radius 1 is 0.818 bits per heavy atom. The van der Waals surface area contributed by atoms with Gasteiger partial charge in [-0.05, 0) is 54.1 Å². The molecule has 0 aliphatic heterocycles. The number of benzene rings is 3. The van der Waals surface area contributed by atoms with E-state index in [4.69, 9.17) is 4.74 Å². The van der Waals surface area contributed by atoms with Gasteiger partial charge in [0, 0.05) is 22.7 Å². The number of ketones is 1. The second kappa shape index (κ2) is 10.5. The molecule has 33 heavy (non-hydrogen) atoms. The van der Waals surface area contributed by atoms with Crippen molar-refractivity contribution in [3.63, 3.8) is 0 Å². The molecule has 0 aromatic heterocycles. The van der Waals surface area contributed by atoms with Gasteiger partial charge in [0.15, 0.2) is 6.10 Å². The zero-order valence-electron chi connectivity index (χ0n) is 18.8. The third-order valence-electron chi connectivity index (χ3n) is 5.04. The Morgan fingerprint density at radius 3 is 2.12 bits per heavy atom. The lowest BCUT2D eigenvalue weighted by Crippen LogP contribution is -2.34. The average molecular weight is 447 g/mol. The molecule has 0 saturated heterocycles. The van der Waals surface area contributed by atoms with Gasteiger partial charge in [-0.25, -0.2) is 0 Å². The topological polar surface area (TPSA) is 102 Å². The summed E-state index contributed by atoms with van der Waals surface area (Å²) in [6.45, 7) is 4.68. The summed E-state index contributed by atoms with van der Waals surface area (Å²) in [6, 6.07) is 19.3. The van der Waals surface area contributed by atoms with E-state index in [1.165, 1.54) is 6.92 Å². The number of esters is 1. The lowest BCUT2D eigenvalue weighted by molar-refractivity contribution is -0.145. The van der Waals surface area contributed by atoms with Gasteiger partial charge >= 0.3 is 5.97 Å². The Kier molecular flexibility index (Phi) is 7.56. The quantitative estimate of drug-likeness (QED) is 0.403. The van der Waals surface area contributed by atoms with Crippen LogP contribution in [-0.4, -0.2) is 36.2 Å². The molecule has 2 N–H and O–H groups in total. The summed E-state index contributed by atoms with van der Waals surface area (Å²) in [5.41, 5.74) is 1.35. The van der Waals surface area contributed by atoms with E-state index < -0.39 is 18.0 Å². The van der Waals surface area contributed by atoms with E-state index in [1.807, 2.05) is 30.3 Å². The summed E-state index contributed by atoms with van der Waals surface area (Å²) in [4.78, 5) is 48.8. The van der Waals surface area contributed by atoms with Crippen molar-refractivity contribution < 1.29 is 23.9 Å². The van der Waals surface area contributed by atoms with Gasteiger partial charge in [-0.2, -0.15) is 0 Å². The predicted octanol–water partition coefficient (Wildman–Crippen LogP) is 3.98. The van der Waals surface area contributed by atoms with Crippen molar-refractivity contribution in [1.29, 1.82) is 0 Å². The van der Waals surface area contributed by atoms with Crippen LogP contribution in [0.5, 0.6) is 0 Å². The summed E-state index contributed by atoms with van der Waals surface area (Å²) in [5.74, 6) is -1.79. The van der Waals surface area contributed by atoms with Gasteiger partial charge in [0.25, 0.3) is 5.91 Å². The van der Waals surface area contributed by atoms with Gasteiger partial charge in [-0.15, -0.1) is 0 Å². The first-order chi connectivity index (χ1) is 15.7. The molecule has 0 fully saturated rings. The van der Waals surface area contributed by atoms with E-state index in [0.717, 1.165) is 10.8 Å². The fourth-order valence-electron chi connectivity index (χ4n) is 3.12. The highest BCUT2D eigenvalue weighted by Crippen LogP contribution is 2.16. The Balaban J connectivity index is 1.51. The predicted molar refractivity (Wildman–Crippen MR) is 126 cm³/mol. The molecule has 0 unspecified atom stereocenters. The summed E-state index contributed by atoms with van der Waals surface area (Å²) in [7, 11) is 0. The van der Waals surface area contributed by atoms with Crippen molar-refractivity contribution in [2.75, 3.05) is 11.9 Å². The van der Waals surface area contributed by atoms with Crippen LogP contribution in [0, 0.1) is 5.92 Å². The van der Waals surface area contributed by atoms with E-state index in [-0.39, 0.29) is 24.2 Å². The number of rotatable bonds is 8. The number of amides is 2. The standard InChI is InChI=1S/C26H26N2O5/c1-16(2)25(31)28-22-12-10-19(11-13-22)24(30)17(3)33-23(29)15-27-26(32)21-9-8-18-6-4-5-7-20(18)14-21/h4-14,16-17H,15H2,1-3H3,(H,27,32)(H,28,31)/t17-/m0/s1. The Hall–Kier alpha value is -4.00. The van der Waals surface area contributed by atoms with Gasteiger partial charge in [-0.3, -0.25) is 19.2 Å². The van der Waals surface area contributed by atoms with E-state index in [0.29, 0.717) is 16.8 Å². The maximum absolute atomic E-state index is 12.6. The molecule has 170 valence electrons. The molecule has 0 bridgehead atoms. The molecule has 2 amide bonds. The van der Waals surface area contributed by atoms with Crippen LogP contribution in [0.25, 0.3) is 10.8 Å². The molecule has 0 saturated carbocycles. The molecule has 0 aliphatic rings. The normalized spacial score (nSPS) is 11.6. The summed E-state index contributed by atoms with van der Waals surface area (Å²) in [5, 5.41) is 7.19. The molecular formula is C26H26N2O5. The maximum atomic E-state index is 12.6. The number of carbonyl (C=O) groups excluding carboxylic acids is 4. The van der Waals surface area contributed by atoms with Gasteiger partial charge in [0.2, 0.25) is 11.7 Å². The third kappa shape index (κ3) is 6.26.